The largest absolute Gasteiger partial charge is 0.497 e. The number of rotatable bonds is 3. The van der Waals surface area contributed by atoms with E-state index in [1.165, 1.54) is 5.69 Å². The van der Waals surface area contributed by atoms with E-state index in [0.717, 1.165) is 38.0 Å². The quantitative estimate of drug-likeness (QED) is 0.625. The molecule has 1 fully saturated rings. The number of nitrogens with two attached hydrogens (primary N) is 1. The Labute approximate surface area is 164 Å². The lowest BCUT2D eigenvalue weighted by molar-refractivity contribution is -0.118. The van der Waals surface area contributed by atoms with Crippen LogP contribution in [0.25, 0.3) is 0 Å². The fourth-order valence-corrected chi connectivity index (χ4v) is 3.20. The molecule has 0 bridgehead atoms. The molecule has 0 unspecified atom stereocenters. The number of piperidine rings is 1. The third kappa shape index (κ3) is 4.94. The maximum Gasteiger partial charge on any atom is 0.262 e. The van der Waals surface area contributed by atoms with Gasteiger partial charge in [0.05, 0.1) is 12.8 Å². The Bertz CT molecular complexity index is 832. The highest BCUT2D eigenvalue weighted by Crippen LogP contribution is 2.29. The Balaban J connectivity index is 0.000000167. The Kier molecular flexibility index (Phi) is 6.37. The van der Waals surface area contributed by atoms with E-state index in [9.17, 15) is 9.59 Å². The predicted molar refractivity (Wildman–Crippen MR) is 109 cm³/mol. The average Bonchev–Trinajstić information content (AvgIpc) is 2.74. The van der Waals surface area contributed by atoms with Gasteiger partial charge in [-0.05, 0) is 43.2 Å². The SMILES string of the molecule is COc1cccc(N2CCC(C=O)CC2)c1.Nc1ccc2c(c1)NC(=O)CO2. The molecule has 0 radical (unpaired) electrons. The predicted octanol–water partition coefficient (Wildman–Crippen LogP) is 2.71. The molecule has 28 heavy (non-hydrogen) atoms. The summed E-state index contributed by atoms with van der Waals surface area (Å²) in [7, 11) is 1.68. The minimum Gasteiger partial charge on any atom is -0.497 e. The number of carbonyl (C=O) groups is 2. The summed E-state index contributed by atoms with van der Waals surface area (Å²) < 4.78 is 10.3. The molecular formula is C21H25N3O4. The van der Waals surface area contributed by atoms with Crippen molar-refractivity contribution in [2.45, 2.75) is 12.8 Å². The molecule has 0 spiro atoms. The summed E-state index contributed by atoms with van der Waals surface area (Å²) in [5, 5.41) is 2.66. The normalized spacial score (nSPS) is 16.0. The van der Waals surface area contributed by atoms with Gasteiger partial charge in [0.25, 0.3) is 5.91 Å². The van der Waals surface area contributed by atoms with Gasteiger partial charge in [-0.15, -0.1) is 0 Å². The van der Waals surface area contributed by atoms with Gasteiger partial charge < -0.3 is 30.2 Å². The van der Waals surface area contributed by atoms with E-state index in [1.54, 1.807) is 25.3 Å². The molecule has 2 aliphatic rings. The summed E-state index contributed by atoms with van der Waals surface area (Å²) in [6, 6.07) is 13.2. The van der Waals surface area contributed by atoms with E-state index in [2.05, 4.69) is 16.3 Å². The fraction of sp³-hybridized carbons (Fsp3) is 0.333. The van der Waals surface area contributed by atoms with Crippen LogP contribution in [0, 0.1) is 5.92 Å². The first-order valence-electron chi connectivity index (χ1n) is 9.25. The number of hydrogen-bond acceptors (Lipinski definition) is 6. The first-order valence-corrected chi connectivity index (χ1v) is 9.25. The van der Waals surface area contributed by atoms with Crippen molar-refractivity contribution in [3.05, 3.63) is 42.5 Å². The van der Waals surface area contributed by atoms with Crippen LogP contribution in [0.15, 0.2) is 42.5 Å². The molecule has 4 rings (SSSR count). The average molecular weight is 383 g/mol. The Hall–Kier alpha value is -3.22. The molecule has 7 nitrogen and oxygen atoms in total. The minimum atomic E-state index is -0.145. The lowest BCUT2D eigenvalue weighted by Gasteiger charge is -2.31. The number of amides is 1. The second kappa shape index (κ2) is 9.12. The van der Waals surface area contributed by atoms with Gasteiger partial charge in [-0.25, -0.2) is 0 Å². The Morgan fingerprint density at radius 1 is 1.21 bits per heavy atom. The van der Waals surface area contributed by atoms with E-state index in [4.69, 9.17) is 15.2 Å². The number of nitrogen functional groups attached to an aromatic ring is 1. The highest BCUT2D eigenvalue weighted by atomic mass is 16.5. The number of ether oxygens (including phenoxy) is 2. The molecule has 2 heterocycles. The molecule has 0 saturated carbocycles. The van der Waals surface area contributed by atoms with Gasteiger partial charge in [0.1, 0.15) is 17.8 Å². The number of nitrogens with zero attached hydrogens (tertiary/aromatic N) is 1. The monoisotopic (exact) mass is 383 g/mol. The molecule has 2 aromatic carbocycles. The lowest BCUT2D eigenvalue weighted by Crippen LogP contribution is -2.34. The van der Waals surface area contributed by atoms with Gasteiger partial charge in [-0.2, -0.15) is 0 Å². The second-order valence-corrected chi connectivity index (χ2v) is 6.75. The first kappa shape index (κ1) is 19.5. The molecule has 2 aliphatic heterocycles. The van der Waals surface area contributed by atoms with Crippen molar-refractivity contribution in [3.8, 4) is 11.5 Å². The summed E-state index contributed by atoms with van der Waals surface area (Å²) in [5.41, 5.74) is 7.96. The maximum atomic E-state index is 10.9. The van der Waals surface area contributed by atoms with Crippen molar-refractivity contribution >= 4 is 29.3 Å². The molecular weight excluding hydrogens is 358 g/mol. The van der Waals surface area contributed by atoms with Crippen LogP contribution in [0.1, 0.15) is 12.8 Å². The van der Waals surface area contributed by atoms with Crippen molar-refractivity contribution in [1.82, 2.24) is 0 Å². The van der Waals surface area contributed by atoms with Crippen LogP contribution in [0.3, 0.4) is 0 Å². The molecule has 2 aromatic rings. The number of anilines is 3. The minimum absolute atomic E-state index is 0.0803. The van der Waals surface area contributed by atoms with Gasteiger partial charge in [-0.1, -0.05) is 6.07 Å². The number of hydrogen-bond donors (Lipinski definition) is 2. The van der Waals surface area contributed by atoms with Crippen LogP contribution in [0.2, 0.25) is 0 Å². The summed E-state index contributed by atoms with van der Waals surface area (Å²) in [6.07, 6.45) is 3.00. The lowest BCUT2D eigenvalue weighted by atomic mass is 9.98. The summed E-state index contributed by atoms with van der Waals surface area (Å²) in [4.78, 5) is 23.8. The molecule has 148 valence electrons. The number of methoxy groups -OCH3 is 1. The van der Waals surface area contributed by atoms with Crippen LogP contribution < -0.4 is 25.4 Å². The maximum absolute atomic E-state index is 10.9. The Morgan fingerprint density at radius 3 is 2.71 bits per heavy atom. The molecule has 0 aliphatic carbocycles. The van der Waals surface area contributed by atoms with Crippen LogP contribution in [0.4, 0.5) is 17.1 Å². The number of benzene rings is 2. The van der Waals surface area contributed by atoms with Crippen molar-refractivity contribution in [3.63, 3.8) is 0 Å². The smallest absolute Gasteiger partial charge is 0.262 e. The van der Waals surface area contributed by atoms with Crippen molar-refractivity contribution in [1.29, 1.82) is 0 Å². The molecule has 1 amide bonds. The van der Waals surface area contributed by atoms with Crippen LogP contribution >= 0.6 is 0 Å². The van der Waals surface area contributed by atoms with Crippen LogP contribution in [0.5, 0.6) is 11.5 Å². The van der Waals surface area contributed by atoms with E-state index >= 15 is 0 Å². The molecule has 3 N–H and O–H groups in total. The summed E-state index contributed by atoms with van der Waals surface area (Å²) >= 11 is 0. The Morgan fingerprint density at radius 2 is 2.00 bits per heavy atom. The van der Waals surface area contributed by atoms with Gasteiger partial charge >= 0.3 is 0 Å². The number of nitrogens with one attached hydrogen (secondary N) is 1. The molecule has 0 atom stereocenters. The van der Waals surface area contributed by atoms with E-state index in [0.29, 0.717) is 17.1 Å². The van der Waals surface area contributed by atoms with E-state index in [1.807, 2.05) is 18.2 Å². The zero-order valence-corrected chi connectivity index (χ0v) is 15.9. The zero-order chi connectivity index (χ0) is 19.9. The van der Waals surface area contributed by atoms with Crippen molar-refractivity contribution in [2.75, 3.05) is 42.8 Å². The topological polar surface area (TPSA) is 93.9 Å². The highest BCUT2D eigenvalue weighted by Gasteiger charge is 2.18. The summed E-state index contributed by atoms with van der Waals surface area (Å²) in [5.74, 6) is 1.66. The van der Waals surface area contributed by atoms with Gasteiger partial charge in [0.15, 0.2) is 6.61 Å². The third-order valence-corrected chi connectivity index (χ3v) is 4.79. The molecule has 0 aromatic heterocycles. The zero-order valence-electron chi connectivity index (χ0n) is 15.9. The molecule has 1 saturated heterocycles. The first-order chi connectivity index (χ1) is 13.6. The van der Waals surface area contributed by atoms with Crippen LogP contribution in [-0.2, 0) is 9.59 Å². The number of fused-ring (bicyclic) bond motifs is 1. The van der Waals surface area contributed by atoms with Gasteiger partial charge in [-0.3, -0.25) is 4.79 Å². The standard InChI is InChI=1S/C13H17NO2.C8H8N2O2/c1-16-13-4-2-3-12(9-13)14-7-5-11(10-15)6-8-14;9-5-1-2-7-6(3-5)10-8(11)4-12-7/h2-4,9-11H,5-8H2,1H3;1-3H,4,9H2,(H,10,11). The van der Waals surface area contributed by atoms with Crippen molar-refractivity contribution < 1.29 is 19.1 Å². The van der Waals surface area contributed by atoms with Crippen LogP contribution in [-0.4, -0.2) is 39.0 Å². The second-order valence-electron chi connectivity index (χ2n) is 6.75. The molecule has 7 heteroatoms. The number of aldehydes is 1. The van der Waals surface area contributed by atoms with E-state index in [-0.39, 0.29) is 18.4 Å². The van der Waals surface area contributed by atoms with Crippen molar-refractivity contribution in [2.24, 2.45) is 5.92 Å². The summed E-state index contributed by atoms with van der Waals surface area (Å²) in [6.45, 7) is 1.99. The highest BCUT2D eigenvalue weighted by molar-refractivity contribution is 5.95. The van der Waals surface area contributed by atoms with Gasteiger partial charge in [0, 0.05) is 36.4 Å². The fourth-order valence-electron chi connectivity index (χ4n) is 3.20. The van der Waals surface area contributed by atoms with Gasteiger partial charge in [0.2, 0.25) is 0 Å². The number of carbonyl (C=O) groups excluding carboxylic acids is 2. The van der Waals surface area contributed by atoms with E-state index < -0.39 is 0 Å². The third-order valence-electron chi connectivity index (χ3n) is 4.79.